The molecule has 12 heteroatoms. The van der Waals surface area contributed by atoms with Gasteiger partial charge in [-0.2, -0.15) is 9.97 Å². The summed E-state index contributed by atoms with van der Waals surface area (Å²) in [5.41, 5.74) is 7.93. The van der Waals surface area contributed by atoms with Gasteiger partial charge in [0.15, 0.2) is 5.13 Å². The molecule has 192 valence electrons. The van der Waals surface area contributed by atoms with E-state index < -0.39 is 5.82 Å². The fraction of sp³-hybridized carbons (Fsp3) is 0.440. The summed E-state index contributed by atoms with van der Waals surface area (Å²) < 4.78 is 27.6. The Kier molecular flexibility index (Phi) is 5.31. The summed E-state index contributed by atoms with van der Waals surface area (Å²) in [5, 5.41) is 4.22. The second-order valence-corrected chi connectivity index (χ2v) is 10.9. The average Bonchev–Trinajstić information content (AvgIpc) is 3.38. The predicted octanol–water partition coefficient (Wildman–Crippen LogP) is 2.39. The highest BCUT2D eigenvalue weighted by atomic mass is 32.1. The Morgan fingerprint density at radius 1 is 1.22 bits per heavy atom. The Bertz CT molecular complexity index is 1590. The van der Waals surface area contributed by atoms with Crippen LogP contribution in [0.1, 0.15) is 12.8 Å². The second-order valence-electron chi connectivity index (χ2n) is 9.92. The number of fused-ring (bicyclic) bond motifs is 4. The van der Waals surface area contributed by atoms with Crippen molar-refractivity contribution in [1.82, 2.24) is 24.8 Å². The number of pyridine rings is 1. The largest absolute Gasteiger partial charge is 0.467 e. The molecule has 6 heterocycles. The molecule has 7 rings (SSSR count). The Hall–Kier alpha value is -3.35. The number of anilines is 2. The molecule has 10 nitrogen and oxygen atoms in total. The van der Waals surface area contributed by atoms with Crippen molar-refractivity contribution in [1.29, 1.82) is 0 Å². The first kappa shape index (κ1) is 22.8. The average molecular weight is 524 g/mol. The molecule has 3 aliphatic heterocycles. The minimum atomic E-state index is -0.393. The van der Waals surface area contributed by atoms with Gasteiger partial charge in [0.05, 0.1) is 41.8 Å². The lowest BCUT2D eigenvalue weighted by molar-refractivity contribution is -0.0395. The van der Waals surface area contributed by atoms with Crippen LogP contribution in [0.4, 0.5) is 15.3 Å². The molecule has 0 radical (unpaired) electrons. The SMILES string of the molecule is COc1nc(N2C3CCC2CNC3)c2c(=O)n(CC3COC3)c(-c3ccc(F)c4sc(N)nc34)cc2n1. The van der Waals surface area contributed by atoms with Gasteiger partial charge in [0.2, 0.25) is 0 Å². The highest BCUT2D eigenvalue weighted by Gasteiger charge is 2.39. The Labute approximate surface area is 215 Å². The van der Waals surface area contributed by atoms with Crippen LogP contribution in [0.25, 0.3) is 32.4 Å². The summed E-state index contributed by atoms with van der Waals surface area (Å²) in [5.74, 6) is 0.423. The molecule has 1 aromatic carbocycles. The van der Waals surface area contributed by atoms with Crippen molar-refractivity contribution in [2.75, 3.05) is 44.0 Å². The van der Waals surface area contributed by atoms with Crippen LogP contribution in [-0.4, -0.2) is 65.0 Å². The summed E-state index contributed by atoms with van der Waals surface area (Å²) >= 11 is 1.09. The summed E-state index contributed by atoms with van der Waals surface area (Å²) in [6.07, 6.45) is 2.08. The third kappa shape index (κ3) is 3.57. The number of methoxy groups -OCH3 is 1. The van der Waals surface area contributed by atoms with Gasteiger partial charge in [0.25, 0.3) is 5.56 Å². The van der Waals surface area contributed by atoms with Crippen LogP contribution < -0.4 is 26.2 Å². The molecule has 37 heavy (non-hydrogen) atoms. The van der Waals surface area contributed by atoms with E-state index in [1.54, 1.807) is 10.6 Å². The zero-order chi connectivity index (χ0) is 25.3. The zero-order valence-electron chi connectivity index (χ0n) is 20.2. The van der Waals surface area contributed by atoms with Crippen molar-refractivity contribution in [3.8, 4) is 17.3 Å². The number of thiazole rings is 1. The number of nitrogens with zero attached hydrogens (tertiary/aromatic N) is 5. The monoisotopic (exact) mass is 523 g/mol. The second kappa shape index (κ2) is 8.61. The lowest BCUT2D eigenvalue weighted by atomic mass is 10.0. The minimum absolute atomic E-state index is 0.185. The third-order valence-electron chi connectivity index (χ3n) is 7.66. The van der Waals surface area contributed by atoms with Crippen molar-refractivity contribution in [3.63, 3.8) is 0 Å². The third-order valence-corrected chi connectivity index (χ3v) is 8.56. The number of benzene rings is 1. The normalized spacial score (nSPS) is 21.6. The molecule has 0 spiro atoms. The van der Waals surface area contributed by atoms with Crippen LogP contribution in [0.2, 0.25) is 0 Å². The van der Waals surface area contributed by atoms with E-state index in [4.69, 9.17) is 20.2 Å². The maximum Gasteiger partial charge on any atom is 0.318 e. The van der Waals surface area contributed by atoms with Crippen molar-refractivity contribution >= 4 is 43.4 Å². The summed E-state index contributed by atoms with van der Waals surface area (Å²) in [6.45, 7) is 3.31. The molecular weight excluding hydrogens is 497 g/mol. The van der Waals surface area contributed by atoms with Gasteiger partial charge < -0.3 is 30.0 Å². The van der Waals surface area contributed by atoms with Crippen LogP contribution in [0.15, 0.2) is 23.0 Å². The summed E-state index contributed by atoms with van der Waals surface area (Å²) in [7, 11) is 1.53. The van der Waals surface area contributed by atoms with E-state index in [0.29, 0.717) is 58.0 Å². The van der Waals surface area contributed by atoms with Gasteiger partial charge >= 0.3 is 6.01 Å². The zero-order valence-corrected chi connectivity index (χ0v) is 21.1. The molecule has 2 atom stereocenters. The molecular formula is C25H26FN7O3S. The number of rotatable bonds is 5. The van der Waals surface area contributed by atoms with Gasteiger partial charge in [-0.05, 0) is 31.0 Å². The first-order valence-corrected chi connectivity index (χ1v) is 13.2. The van der Waals surface area contributed by atoms with E-state index in [1.807, 2.05) is 6.07 Å². The van der Waals surface area contributed by atoms with E-state index in [9.17, 15) is 9.18 Å². The van der Waals surface area contributed by atoms with Gasteiger partial charge in [-0.15, -0.1) is 0 Å². The number of halogens is 1. The van der Waals surface area contributed by atoms with Crippen molar-refractivity contribution in [3.05, 3.63) is 34.4 Å². The van der Waals surface area contributed by atoms with E-state index in [-0.39, 0.29) is 34.7 Å². The lowest BCUT2D eigenvalue weighted by Crippen LogP contribution is -2.52. The fourth-order valence-electron chi connectivity index (χ4n) is 5.86. The number of ether oxygens (including phenoxy) is 2. The molecule has 3 N–H and O–H groups in total. The number of nitrogens with one attached hydrogen (secondary N) is 1. The number of hydrogen-bond acceptors (Lipinski definition) is 10. The molecule has 0 amide bonds. The van der Waals surface area contributed by atoms with Gasteiger partial charge in [-0.3, -0.25) is 4.79 Å². The number of nitrogens with two attached hydrogens (primary N) is 1. The van der Waals surface area contributed by atoms with Crippen LogP contribution in [0, 0.1) is 11.7 Å². The number of hydrogen-bond donors (Lipinski definition) is 2. The van der Waals surface area contributed by atoms with Crippen LogP contribution in [0.3, 0.4) is 0 Å². The lowest BCUT2D eigenvalue weighted by Gasteiger charge is -2.36. The molecule has 2 unspecified atom stereocenters. The fourth-order valence-corrected chi connectivity index (χ4v) is 6.62. The van der Waals surface area contributed by atoms with Crippen LogP contribution >= 0.6 is 11.3 Å². The number of aromatic nitrogens is 4. The van der Waals surface area contributed by atoms with Crippen molar-refractivity contribution < 1.29 is 13.9 Å². The molecule has 2 bridgehead atoms. The highest BCUT2D eigenvalue weighted by Crippen LogP contribution is 2.38. The molecule has 0 saturated carbocycles. The number of piperazine rings is 1. The molecule has 0 aliphatic carbocycles. The minimum Gasteiger partial charge on any atom is -0.467 e. The van der Waals surface area contributed by atoms with Crippen molar-refractivity contribution in [2.24, 2.45) is 5.92 Å². The maximum atomic E-state index is 14.6. The highest BCUT2D eigenvalue weighted by molar-refractivity contribution is 7.22. The smallest absolute Gasteiger partial charge is 0.318 e. The molecule has 3 aliphatic rings. The van der Waals surface area contributed by atoms with Gasteiger partial charge in [0.1, 0.15) is 17.0 Å². The Morgan fingerprint density at radius 2 is 2.00 bits per heavy atom. The van der Waals surface area contributed by atoms with E-state index >= 15 is 0 Å². The van der Waals surface area contributed by atoms with Gasteiger partial charge in [-0.1, -0.05) is 11.3 Å². The Balaban J connectivity index is 1.52. The van der Waals surface area contributed by atoms with E-state index in [2.05, 4.69) is 20.2 Å². The summed E-state index contributed by atoms with van der Waals surface area (Å²) in [6, 6.07) is 5.63. The van der Waals surface area contributed by atoms with E-state index in [1.165, 1.54) is 13.2 Å². The molecule has 3 aromatic heterocycles. The standard InChI is InChI=1S/C25H26FN7O3S/c1-35-25-29-17-6-18(15-4-5-16(26)21-20(15)30-24(27)37-21)32(9-12-10-36-11-12)23(34)19(17)22(31-25)33-13-2-3-14(33)8-28-7-13/h4-6,12-14,28H,2-3,7-11H2,1H3,(H2,27,30). The first-order valence-electron chi connectivity index (χ1n) is 12.4. The van der Waals surface area contributed by atoms with Crippen LogP contribution in [-0.2, 0) is 11.3 Å². The molecule has 3 fully saturated rings. The Morgan fingerprint density at radius 3 is 2.70 bits per heavy atom. The quantitative estimate of drug-likeness (QED) is 0.406. The van der Waals surface area contributed by atoms with Gasteiger partial charge in [0, 0.05) is 43.2 Å². The maximum absolute atomic E-state index is 14.6. The molecule has 4 aromatic rings. The summed E-state index contributed by atoms with van der Waals surface area (Å²) in [4.78, 5) is 30.3. The van der Waals surface area contributed by atoms with E-state index in [0.717, 1.165) is 37.3 Å². The van der Waals surface area contributed by atoms with Crippen molar-refractivity contribution in [2.45, 2.75) is 31.5 Å². The van der Waals surface area contributed by atoms with Crippen LogP contribution in [0.5, 0.6) is 6.01 Å². The molecule has 3 saturated heterocycles. The first-order chi connectivity index (χ1) is 18.0. The predicted molar refractivity (Wildman–Crippen MR) is 140 cm³/mol. The number of nitrogen functional groups attached to an aromatic ring is 1. The van der Waals surface area contributed by atoms with Gasteiger partial charge in [-0.25, -0.2) is 9.37 Å². The topological polar surface area (TPSA) is 120 Å².